The summed E-state index contributed by atoms with van der Waals surface area (Å²) in [7, 11) is 0. The molecule has 1 saturated carbocycles. The Kier molecular flexibility index (Phi) is 8.34. The molecule has 0 heterocycles. The first-order chi connectivity index (χ1) is 10.0. The smallest absolute Gasteiger partial charge is 0.0438 e. The molecule has 0 aromatic carbocycles. The zero-order valence-corrected chi connectivity index (χ0v) is 14.7. The van der Waals surface area contributed by atoms with E-state index in [1.54, 1.807) is 11.1 Å². The van der Waals surface area contributed by atoms with Crippen LogP contribution in [0.5, 0.6) is 0 Å². The van der Waals surface area contributed by atoms with E-state index in [4.69, 9.17) is 4.99 Å². The van der Waals surface area contributed by atoms with Crippen molar-refractivity contribution in [3.05, 3.63) is 35.1 Å². The third kappa shape index (κ3) is 6.93. The first-order valence-corrected chi connectivity index (χ1v) is 8.60. The molecule has 0 aromatic heterocycles. The summed E-state index contributed by atoms with van der Waals surface area (Å²) < 4.78 is 0. The molecule has 0 spiro atoms. The maximum Gasteiger partial charge on any atom is 0.0438 e. The Hall–Kier alpha value is -1.11. The average molecular weight is 287 g/mol. The summed E-state index contributed by atoms with van der Waals surface area (Å²) in [6.07, 6.45) is 15.1. The molecule has 0 bridgehead atoms. The molecule has 0 atom stereocenters. The number of hydrogen-bond acceptors (Lipinski definition) is 1. The van der Waals surface area contributed by atoms with Crippen LogP contribution in [0.15, 0.2) is 40.1 Å². The SMILES string of the molecule is C\C=C/C=C(C)/N=C1\CCCCC\C1=C(/C)CCC(C)C. The Morgan fingerprint density at radius 2 is 1.86 bits per heavy atom. The first-order valence-electron chi connectivity index (χ1n) is 8.60. The van der Waals surface area contributed by atoms with Crippen LogP contribution < -0.4 is 0 Å². The topological polar surface area (TPSA) is 12.4 Å². The van der Waals surface area contributed by atoms with Crippen LogP contribution in [0.4, 0.5) is 0 Å². The van der Waals surface area contributed by atoms with E-state index in [0.29, 0.717) is 0 Å². The summed E-state index contributed by atoms with van der Waals surface area (Å²) in [6, 6.07) is 0. The Balaban J connectivity index is 2.99. The van der Waals surface area contributed by atoms with E-state index in [1.807, 2.05) is 6.92 Å². The highest BCUT2D eigenvalue weighted by Crippen LogP contribution is 2.27. The molecule has 1 rings (SSSR count). The molecule has 21 heavy (non-hydrogen) atoms. The second-order valence-electron chi connectivity index (χ2n) is 6.64. The van der Waals surface area contributed by atoms with Crippen LogP contribution in [0.2, 0.25) is 0 Å². The minimum absolute atomic E-state index is 0.781. The molecule has 0 amide bonds. The standard InChI is InChI=1S/C20H33N/c1-6-7-11-18(5)21-20-13-10-8-9-12-19(20)17(4)15-14-16(2)3/h6-7,11,16H,8-10,12-15H2,1-5H3/b7-6-,18-11+,19-17-,21-20+. The van der Waals surface area contributed by atoms with Crippen molar-refractivity contribution in [1.82, 2.24) is 0 Å². The summed E-state index contributed by atoms with van der Waals surface area (Å²) in [6.45, 7) is 11.1. The van der Waals surface area contributed by atoms with Crippen molar-refractivity contribution >= 4 is 5.71 Å². The van der Waals surface area contributed by atoms with Gasteiger partial charge in [-0.25, -0.2) is 0 Å². The van der Waals surface area contributed by atoms with Crippen LogP contribution in [0, 0.1) is 5.92 Å². The van der Waals surface area contributed by atoms with Crippen LogP contribution in [0.25, 0.3) is 0 Å². The number of aliphatic imine (C=N–C) groups is 1. The zero-order valence-electron chi connectivity index (χ0n) is 14.7. The molecule has 118 valence electrons. The molecule has 0 aliphatic heterocycles. The Bertz CT molecular complexity index is 433. The maximum absolute atomic E-state index is 4.93. The molecule has 0 N–H and O–H groups in total. The molecule has 0 unspecified atom stereocenters. The van der Waals surface area contributed by atoms with Gasteiger partial charge in [0, 0.05) is 11.4 Å². The summed E-state index contributed by atoms with van der Waals surface area (Å²) in [5.41, 5.74) is 5.61. The van der Waals surface area contributed by atoms with Gasteiger partial charge in [-0.05, 0) is 76.9 Å². The second-order valence-corrected chi connectivity index (χ2v) is 6.64. The average Bonchev–Trinajstić information content (AvgIpc) is 2.68. The normalized spacial score (nSPS) is 22.2. The molecule has 1 nitrogen and oxygen atoms in total. The molecular weight excluding hydrogens is 254 g/mol. The van der Waals surface area contributed by atoms with Crippen LogP contribution in [-0.4, -0.2) is 5.71 Å². The fraction of sp³-hybridized carbons (Fsp3) is 0.650. The van der Waals surface area contributed by atoms with Crippen molar-refractivity contribution < 1.29 is 0 Å². The number of rotatable bonds is 5. The zero-order chi connectivity index (χ0) is 15.7. The van der Waals surface area contributed by atoms with Crippen LogP contribution >= 0.6 is 0 Å². The van der Waals surface area contributed by atoms with E-state index in [0.717, 1.165) is 18.0 Å². The molecule has 0 aromatic rings. The van der Waals surface area contributed by atoms with Gasteiger partial charge in [0.2, 0.25) is 0 Å². The minimum Gasteiger partial charge on any atom is -0.258 e. The predicted octanol–water partition coefficient (Wildman–Crippen LogP) is 6.62. The van der Waals surface area contributed by atoms with E-state index in [9.17, 15) is 0 Å². The highest BCUT2D eigenvalue weighted by atomic mass is 14.8. The van der Waals surface area contributed by atoms with Crippen LogP contribution in [0.1, 0.15) is 79.6 Å². The second kappa shape index (κ2) is 9.76. The molecule has 0 saturated heterocycles. The van der Waals surface area contributed by atoms with E-state index in [2.05, 4.69) is 45.9 Å². The van der Waals surface area contributed by atoms with Crippen molar-refractivity contribution in [2.75, 3.05) is 0 Å². The van der Waals surface area contributed by atoms with Crippen LogP contribution in [-0.2, 0) is 0 Å². The summed E-state index contributed by atoms with van der Waals surface area (Å²) >= 11 is 0. The fourth-order valence-corrected chi connectivity index (χ4v) is 2.79. The lowest BCUT2D eigenvalue weighted by atomic mass is 9.94. The minimum atomic E-state index is 0.781. The highest BCUT2D eigenvalue weighted by molar-refractivity contribution is 6.01. The molecule has 1 fully saturated rings. The lowest BCUT2D eigenvalue weighted by Gasteiger charge is -2.14. The maximum atomic E-state index is 4.93. The monoisotopic (exact) mass is 287 g/mol. The Morgan fingerprint density at radius 3 is 2.52 bits per heavy atom. The molecule has 1 aliphatic rings. The van der Waals surface area contributed by atoms with Crippen molar-refractivity contribution in [3.8, 4) is 0 Å². The van der Waals surface area contributed by atoms with Gasteiger partial charge in [0.15, 0.2) is 0 Å². The predicted molar refractivity (Wildman–Crippen MR) is 95.9 cm³/mol. The quantitative estimate of drug-likeness (QED) is 0.398. The fourth-order valence-electron chi connectivity index (χ4n) is 2.79. The first kappa shape index (κ1) is 17.9. The van der Waals surface area contributed by atoms with Gasteiger partial charge in [-0.2, -0.15) is 0 Å². The number of hydrogen-bond donors (Lipinski definition) is 0. The van der Waals surface area contributed by atoms with Crippen molar-refractivity contribution in [3.63, 3.8) is 0 Å². The van der Waals surface area contributed by atoms with Gasteiger partial charge in [0.25, 0.3) is 0 Å². The lowest BCUT2D eigenvalue weighted by molar-refractivity contribution is 0.582. The van der Waals surface area contributed by atoms with Gasteiger partial charge in [-0.3, -0.25) is 4.99 Å². The molecular formula is C20H33N. The van der Waals surface area contributed by atoms with Crippen molar-refractivity contribution in [2.45, 2.75) is 79.6 Å². The highest BCUT2D eigenvalue weighted by Gasteiger charge is 2.14. The van der Waals surface area contributed by atoms with Gasteiger partial charge in [0.1, 0.15) is 0 Å². The summed E-state index contributed by atoms with van der Waals surface area (Å²) in [5.74, 6) is 0.781. The molecule has 0 radical (unpaired) electrons. The van der Waals surface area contributed by atoms with E-state index in [1.165, 1.54) is 44.2 Å². The Labute approximate surface area is 131 Å². The van der Waals surface area contributed by atoms with Crippen LogP contribution in [0.3, 0.4) is 0 Å². The number of nitrogens with zero attached hydrogens (tertiary/aromatic N) is 1. The van der Waals surface area contributed by atoms with E-state index in [-0.39, 0.29) is 0 Å². The van der Waals surface area contributed by atoms with E-state index < -0.39 is 0 Å². The lowest BCUT2D eigenvalue weighted by Crippen LogP contribution is -2.05. The van der Waals surface area contributed by atoms with Gasteiger partial charge < -0.3 is 0 Å². The third-order valence-corrected chi connectivity index (χ3v) is 4.14. The summed E-state index contributed by atoms with van der Waals surface area (Å²) in [5, 5.41) is 0. The molecule has 1 heteroatoms. The van der Waals surface area contributed by atoms with Gasteiger partial charge in [0.05, 0.1) is 0 Å². The van der Waals surface area contributed by atoms with Gasteiger partial charge >= 0.3 is 0 Å². The molecule has 1 aliphatic carbocycles. The van der Waals surface area contributed by atoms with Crippen molar-refractivity contribution in [2.24, 2.45) is 10.9 Å². The van der Waals surface area contributed by atoms with Crippen molar-refractivity contribution in [1.29, 1.82) is 0 Å². The van der Waals surface area contributed by atoms with E-state index >= 15 is 0 Å². The number of allylic oxidation sites excluding steroid dienone is 6. The summed E-state index contributed by atoms with van der Waals surface area (Å²) in [4.78, 5) is 4.93. The third-order valence-electron chi connectivity index (χ3n) is 4.14. The largest absolute Gasteiger partial charge is 0.258 e. The van der Waals surface area contributed by atoms with Gasteiger partial charge in [-0.1, -0.05) is 38.0 Å². The van der Waals surface area contributed by atoms with Gasteiger partial charge in [-0.15, -0.1) is 0 Å². The Morgan fingerprint density at radius 1 is 1.14 bits per heavy atom.